The molecule has 0 aromatic carbocycles. The predicted molar refractivity (Wildman–Crippen MR) is 68.5 cm³/mol. The van der Waals surface area contributed by atoms with Gasteiger partial charge < -0.3 is 5.32 Å². The lowest BCUT2D eigenvalue weighted by atomic mass is 10.0. The third kappa shape index (κ3) is 4.79. The van der Waals surface area contributed by atoms with Crippen LogP contribution in [0.4, 0.5) is 0 Å². The molecule has 0 amide bonds. The fourth-order valence-corrected chi connectivity index (χ4v) is 1.90. The highest BCUT2D eigenvalue weighted by Gasteiger charge is 2.09. The summed E-state index contributed by atoms with van der Waals surface area (Å²) in [6.45, 7) is 5.57. The smallest absolute Gasteiger partial charge is 0.0639 e. The quantitative estimate of drug-likeness (QED) is 0.734. The second kappa shape index (κ2) is 7.44. The van der Waals surface area contributed by atoms with Gasteiger partial charge in [-0.05, 0) is 25.5 Å². The van der Waals surface area contributed by atoms with Crippen molar-refractivity contribution in [3.05, 3.63) is 18.0 Å². The first-order valence-electron chi connectivity index (χ1n) is 6.48. The zero-order valence-electron chi connectivity index (χ0n) is 10.9. The first-order valence-corrected chi connectivity index (χ1v) is 6.48. The number of aryl methyl sites for hydroxylation is 1. The predicted octanol–water partition coefficient (Wildman–Crippen LogP) is 2.52. The summed E-state index contributed by atoms with van der Waals surface area (Å²) >= 11 is 0. The third-order valence-corrected chi connectivity index (χ3v) is 2.81. The molecule has 1 unspecified atom stereocenters. The number of aromatic nitrogens is 2. The molecule has 0 fully saturated rings. The molecule has 0 aliphatic carbocycles. The molecule has 0 saturated heterocycles. The molecule has 1 aromatic heterocycles. The SMILES string of the molecule is CCCCC(Cc1ccn(C)n1)NCCC. The van der Waals surface area contributed by atoms with Gasteiger partial charge in [-0.15, -0.1) is 0 Å². The van der Waals surface area contributed by atoms with Gasteiger partial charge in [0.2, 0.25) is 0 Å². The molecule has 1 aromatic rings. The van der Waals surface area contributed by atoms with Gasteiger partial charge in [-0.25, -0.2) is 0 Å². The fraction of sp³-hybridized carbons (Fsp3) is 0.769. The number of hydrogen-bond acceptors (Lipinski definition) is 2. The van der Waals surface area contributed by atoms with E-state index in [1.165, 1.54) is 31.4 Å². The number of unbranched alkanes of at least 4 members (excludes halogenated alkanes) is 1. The topological polar surface area (TPSA) is 29.9 Å². The van der Waals surface area contributed by atoms with Crippen LogP contribution in [0.2, 0.25) is 0 Å². The van der Waals surface area contributed by atoms with Crippen LogP contribution in [-0.2, 0) is 13.5 Å². The summed E-state index contributed by atoms with van der Waals surface area (Å²) in [4.78, 5) is 0. The molecule has 0 aliphatic heterocycles. The minimum absolute atomic E-state index is 0.592. The molecule has 3 heteroatoms. The van der Waals surface area contributed by atoms with Gasteiger partial charge in [-0.1, -0.05) is 26.7 Å². The van der Waals surface area contributed by atoms with Gasteiger partial charge in [0, 0.05) is 25.7 Å². The lowest BCUT2D eigenvalue weighted by Gasteiger charge is -2.17. The van der Waals surface area contributed by atoms with Crippen molar-refractivity contribution < 1.29 is 0 Å². The Morgan fingerprint density at radius 1 is 1.38 bits per heavy atom. The maximum Gasteiger partial charge on any atom is 0.0639 e. The van der Waals surface area contributed by atoms with Crippen molar-refractivity contribution in [2.45, 2.75) is 52.0 Å². The Morgan fingerprint density at radius 2 is 2.19 bits per heavy atom. The van der Waals surface area contributed by atoms with Crippen LogP contribution in [0.15, 0.2) is 12.3 Å². The summed E-state index contributed by atoms with van der Waals surface area (Å²) in [5.41, 5.74) is 1.20. The maximum absolute atomic E-state index is 4.44. The first kappa shape index (κ1) is 13.2. The van der Waals surface area contributed by atoms with Gasteiger partial charge in [-0.2, -0.15) is 5.10 Å². The molecule has 0 radical (unpaired) electrons. The highest BCUT2D eigenvalue weighted by molar-refractivity contribution is 5.01. The van der Waals surface area contributed by atoms with Crippen molar-refractivity contribution in [3.63, 3.8) is 0 Å². The molecule has 3 nitrogen and oxygen atoms in total. The number of nitrogens with zero attached hydrogens (tertiary/aromatic N) is 2. The van der Waals surface area contributed by atoms with E-state index in [2.05, 4.69) is 30.3 Å². The van der Waals surface area contributed by atoms with E-state index >= 15 is 0 Å². The van der Waals surface area contributed by atoms with Crippen LogP contribution in [0.3, 0.4) is 0 Å². The number of nitrogens with one attached hydrogen (secondary N) is 1. The molecule has 1 heterocycles. The molecule has 0 bridgehead atoms. The second-order valence-corrected chi connectivity index (χ2v) is 4.48. The molecule has 1 rings (SSSR count). The molecule has 92 valence electrons. The Balaban J connectivity index is 2.41. The lowest BCUT2D eigenvalue weighted by molar-refractivity contribution is 0.457. The van der Waals surface area contributed by atoms with E-state index in [9.17, 15) is 0 Å². The Bertz CT molecular complexity index is 272. The first-order chi connectivity index (χ1) is 7.76. The minimum Gasteiger partial charge on any atom is -0.314 e. The zero-order valence-corrected chi connectivity index (χ0v) is 10.9. The Morgan fingerprint density at radius 3 is 2.75 bits per heavy atom. The Kier molecular flexibility index (Phi) is 6.16. The van der Waals surface area contributed by atoms with Crippen LogP contribution in [0.25, 0.3) is 0 Å². The Labute approximate surface area is 99.2 Å². The monoisotopic (exact) mass is 223 g/mol. The summed E-state index contributed by atoms with van der Waals surface area (Å²) in [5, 5.41) is 8.06. The van der Waals surface area contributed by atoms with Gasteiger partial charge >= 0.3 is 0 Å². The molecular weight excluding hydrogens is 198 g/mol. The Hall–Kier alpha value is -0.830. The number of hydrogen-bond donors (Lipinski definition) is 1. The fourth-order valence-electron chi connectivity index (χ4n) is 1.90. The lowest BCUT2D eigenvalue weighted by Crippen LogP contribution is -2.31. The van der Waals surface area contributed by atoms with Crippen LogP contribution >= 0.6 is 0 Å². The second-order valence-electron chi connectivity index (χ2n) is 4.48. The van der Waals surface area contributed by atoms with Crippen LogP contribution in [0, 0.1) is 0 Å². The van der Waals surface area contributed by atoms with Crippen molar-refractivity contribution in [1.82, 2.24) is 15.1 Å². The van der Waals surface area contributed by atoms with Gasteiger partial charge in [0.1, 0.15) is 0 Å². The van der Waals surface area contributed by atoms with Crippen molar-refractivity contribution in [1.29, 1.82) is 0 Å². The average molecular weight is 223 g/mol. The van der Waals surface area contributed by atoms with Crippen LogP contribution in [0.1, 0.15) is 45.2 Å². The van der Waals surface area contributed by atoms with Crippen molar-refractivity contribution >= 4 is 0 Å². The largest absolute Gasteiger partial charge is 0.314 e. The van der Waals surface area contributed by atoms with Gasteiger partial charge in [0.15, 0.2) is 0 Å². The van der Waals surface area contributed by atoms with E-state index in [0.29, 0.717) is 6.04 Å². The molecular formula is C13H25N3. The van der Waals surface area contributed by atoms with E-state index < -0.39 is 0 Å². The standard InChI is InChI=1S/C13H25N3/c1-4-6-7-12(14-9-5-2)11-13-8-10-16(3)15-13/h8,10,12,14H,4-7,9,11H2,1-3H3. The van der Waals surface area contributed by atoms with E-state index in [1.54, 1.807) is 0 Å². The normalized spacial score (nSPS) is 12.9. The summed E-state index contributed by atoms with van der Waals surface area (Å²) < 4.78 is 1.88. The van der Waals surface area contributed by atoms with Gasteiger partial charge in [0.25, 0.3) is 0 Å². The maximum atomic E-state index is 4.44. The number of rotatable bonds is 8. The van der Waals surface area contributed by atoms with E-state index in [4.69, 9.17) is 0 Å². The summed E-state index contributed by atoms with van der Waals surface area (Å²) in [6, 6.07) is 2.71. The third-order valence-electron chi connectivity index (χ3n) is 2.81. The van der Waals surface area contributed by atoms with E-state index in [0.717, 1.165) is 13.0 Å². The van der Waals surface area contributed by atoms with Crippen molar-refractivity contribution in [3.8, 4) is 0 Å². The highest BCUT2D eigenvalue weighted by atomic mass is 15.2. The molecule has 1 N–H and O–H groups in total. The molecule has 0 spiro atoms. The van der Waals surface area contributed by atoms with Crippen LogP contribution in [-0.4, -0.2) is 22.4 Å². The molecule has 0 saturated carbocycles. The van der Waals surface area contributed by atoms with Crippen molar-refractivity contribution in [2.24, 2.45) is 7.05 Å². The van der Waals surface area contributed by atoms with Gasteiger partial charge in [0.05, 0.1) is 5.69 Å². The van der Waals surface area contributed by atoms with E-state index in [-0.39, 0.29) is 0 Å². The summed E-state index contributed by atoms with van der Waals surface area (Å²) in [5.74, 6) is 0. The van der Waals surface area contributed by atoms with Gasteiger partial charge in [-0.3, -0.25) is 4.68 Å². The average Bonchev–Trinajstić information content (AvgIpc) is 2.68. The molecule has 0 aliphatic rings. The highest BCUT2D eigenvalue weighted by Crippen LogP contribution is 2.07. The zero-order chi connectivity index (χ0) is 11.8. The summed E-state index contributed by atoms with van der Waals surface area (Å²) in [7, 11) is 1.98. The van der Waals surface area contributed by atoms with E-state index in [1.807, 2.05) is 17.9 Å². The molecule has 16 heavy (non-hydrogen) atoms. The molecule has 1 atom stereocenters. The van der Waals surface area contributed by atoms with Crippen LogP contribution in [0.5, 0.6) is 0 Å². The van der Waals surface area contributed by atoms with Crippen LogP contribution < -0.4 is 5.32 Å². The van der Waals surface area contributed by atoms with Crippen molar-refractivity contribution in [2.75, 3.05) is 6.54 Å². The minimum atomic E-state index is 0.592. The summed E-state index contributed by atoms with van der Waals surface area (Å²) in [6.07, 6.45) is 8.10.